The number of halogens is 3. The van der Waals surface area contributed by atoms with Crippen LogP contribution in [0.25, 0.3) is 28.0 Å². The Morgan fingerprint density at radius 1 is 1.09 bits per heavy atom. The number of ether oxygens (including phenoxy) is 1. The Bertz CT molecular complexity index is 1370. The molecule has 1 amide bonds. The van der Waals surface area contributed by atoms with Crippen molar-refractivity contribution >= 4 is 28.4 Å². The number of carbonyl (C=O) groups is 1. The number of alkyl halides is 3. The number of nitrogens with two attached hydrogens (primary N) is 2. The van der Waals surface area contributed by atoms with Crippen LogP contribution in [0.2, 0.25) is 0 Å². The Labute approximate surface area is 192 Å². The van der Waals surface area contributed by atoms with Gasteiger partial charge in [-0.1, -0.05) is 12.1 Å². The number of hydrogen-bond donors (Lipinski definition) is 3. The van der Waals surface area contributed by atoms with E-state index in [2.05, 4.69) is 9.97 Å². The highest BCUT2D eigenvalue weighted by atomic mass is 19.3. The molecule has 0 bridgehead atoms. The summed E-state index contributed by atoms with van der Waals surface area (Å²) in [6.45, 7) is 1.89. The second kappa shape index (κ2) is 8.93. The molecule has 0 saturated heterocycles. The number of nitrogen functional groups attached to an aromatic ring is 2. The highest BCUT2D eigenvalue weighted by molar-refractivity contribution is 5.99. The van der Waals surface area contributed by atoms with E-state index >= 15 is 0 Å². The molecule has 0 aliphatic heterocycles. The summed E-state index contributed by atoms with van der Waals surface area (Å²) in [5.74, 6) is -0.756. The topological polar surface area (TPSA) is 121 Å². The van der Waals surface area contributed by atoms with Gasteiger partial charge in [0.1, 0.15) is 17.6 Å². The van der Waals surface area contributed by atoms with Crippen LogP contribution >= 0.6 is 0 Å². The van der Waals surface area contributed by atoms with Crippen molar-refractivity contribution in [2.75, 3.05) is 18.6 Å². The van der Waals surface area contributed by atoms with Crippen molar-refractivity contribution in [1.29, 1.82) is 0 Å². The molecule has 8 nitrogen and oxygen atoms in total. The Balaban J connectivity index is 1.92. The van der Waals surface area contributed by atoms with E-state index in [0.29, 0.717) is 22.4 Å². The van der Waals surface area contributed by atoms with Gasteiger partial charge in [0.15, 0.2) is 5.82 Å². The molecule has 176 valence electrons. The summed E-state index contributed by atoms with van der Waals surface area (Å²) in [5, 5.41) is 1.62. The number of nitrogens with one attached hydrogen (secondary N) is 1. The first kappa shape index (κ1) is 22.9. The SMILES string of the molecule is COc1cc(-n2c(-c3ccc(N)cc3)c(C)c3ncnc(N)c32)ccc1C(=O)NC(F)C(F)F. The van der Waals surface area contributed by atoms with Crippen LogP contribution in [0, 0.1) is 6.92 Å². The number of benzene rings is 2. The molecular formula is C23H21F3N6O2. The number of aryl methyl sites for hydroxylation is 1. The minimum absolute atomic E-state index is 0.0506. The fourth-order valence-corrected chi connectivity index (χ4v) is 3.80. The number of nitrogens with zero attached hydrogens (tertiary/aromatic N) is 3. The van der Waals surface area contributed by atoms with Gasteiger partial charge in [0.25, 0.3) is 12.3 Å². The molecule has 4 rings (SSSR count). The Morgan fingerprint density at radius 2 is 1.79 bits per heavy atom. The average Bonchev–Trinajstić information content (AvgIpc) is 3.12. The molecule has 4 aromatic rings. The van der Waals surface area contributed by atoms with E-state index in [1.165, 1.54) is 25.6 Å². The maximum Gasteiger partial charge on any atom is 0.287 e. The monoisotopic (exact) mass is 470 g/mol. The third kappa shape index (κ3) is 3.96. The van der Waals surface area contributed by atoms with E-state index in [-0.39, 0.29) is 17.1 Å². The molecule has 11 heteroatoms. The summed E-state index contributed by atoms with van der Waals surface area (Å²) in [5.41, 5.74) is 16.6. The van der Waals surface area contributed by atoms with Crippen LogP contribution in [0.3, 0.4) is 0 Å². The summed E-state index contributed by atoms with van der Waals surface area (Å²) >= 11 is 0. The van der Waals surface area contributed by atoms with E-state index in [9.17, 15) is 18.0 Å². The lowest BCUT2D eigenvalue weighted by Gasteiger charge is -2.16. The maximum atomic E-state index is 13.4. The summed E-state index contributed by atoms with van der Waals surface area (Å²) in [7, 11) is 1.31. The lowest BCUT2D eigenvalue weighted by atomic mass is 10.1. The Morgan fingerprint density at radius 3 is 2.44 bits per heavy atom. The highest BCUT2D eigenvalue weighted by Crippen LogP contribution is 2.38. The smallest absolute Gasteiger partial charge is 0.287 e. The number of carbonyl (C=O) groups excluding carboxylic acids is 1. The van der Waals surface area contributed by atoms with Gasteiger partial charge in [-0.2, -0.15) is 0 Å². The zero-order valence-corrected chi connectivity index (χ0v) is 18.2. The van der Waals surface area contributed by atoms with Gasteiger partial charge in [-0.3, -0.25) is 4.79 Å². The normalized spacial score (nSPS) is 12.2. The molecule has 2 aromatic carbocycles. The van der Waals surface area contributed by atoms with E-state index < -0.39 is 18.6 Å². The molecule has 0 spiro atoms. The van der Waals surface area contributed by atoms with Crippen LogP contribution in [0.1, 0.15) is 15.9 Å². The minimum Gasteiger partial charge on any atom is -0.496 e. The number of hydrogen-bond acceptors (Lipinski definition) is 6. The standard InChI is InChI=1S/C23H21F3N6O2/c1-11-17-19(22(28)30-10-29-17)32(18(11)12-3-5-13(27)6-4-12)14-7-8-15(16(9-14)34-2)23(33)31-21(26)20(24)25/h3-10,20-21H,27H2,1-2H3,(H,31,33)(H2,28,29,30). The van der Waals surface area contributed by atoms with Crippen molar-refractivity contribution in [3.8, 4) is 22.7 Å². The van der Waals surface area contributed by atoms with Crippen LogP contribution in [-0.4, -0.2) is 40.3 Å². The first-order valence-electron chi connectivity index (χ1n) is 10.1. The number of anilines is 2. The van der Waals surface area contributed by atoms with Crippen molar-refractivity contribution in [1.82, 2.24) is 19.9 Å². The minimum atomic E-state index is -3.35. The third-order valence-electron chi connectivity index (χ3n) is 5.37. The van der Waals surface area contributed by atoms with E-state index in [4.69, 9.17) is 16.2 Å². The van der Waals surface area contributed by atoms with Gasteiger partial charge in [0.05, 0.1) is 29.6 Å². The van der Waals surface area contributed by atoms with E-state index in [0.717, 1.165) is 16.8 Å². The van der Waals surface area contributed by atoms with Crippen LogP contribution in [0.5, 0.6) is 5.75 Å². The maximum absolute atomic E-state index is 13.4. The zero-order valence-electron chi connectivity index (χ0n) is 18.2. The van der Waals surface area contributed by atoms with Gasteiger partial charge in [-0.05, 0) is 36.8 Å². The first-order chi connectivity index (χ1) is 16.2. The lowest BCUT2D eigenvalue weighted by Crippen LogP contribution is -2.36. The quantitative estimate of drug-likeness (QED) is 0.291. The predicted molar refractivity (Wildman–Crippen MR) is 123 cm³/mol. The molecule has 0 aliphatic carbocycles. The largest absolute Gasteiger partial charge is 0.496 e. The van der Waals surface area contributed by atoms with Gasteiger partial charge in [0, 0.05) is 17.3 Å². The van der Waals surface area contributed by atoms with Gasteiger partial charge < -0.3 is 26.1 Å². The zero-order chi connectivity index (χ0) is 24.6. The van der Waals surface area contributed by atoms with Crippen molar-refractivity contribution < 1.29 is 22.7 Å². The lowest BCUT2D eigenvalue weighted by molar-refractivity contribution is 0.0286. The summed E-state index contributed by atoms with van der Waals surface area (Å²) in [4.78, 5) is 20.9. The molecule has 2 aromatic heterocycles. The molecule has 0 saturated carbocycles. The van der Waals surface area contributed by atoms with Crippen LogP contribution in [0.4, 0.5) is 24.7 Å². The Kier molecular flexibility index (Phi) is 6.01. The third-order valence-corrected chi connectivity index (χ3v) is 5.37. The molecule has 2 heterocycles. The number of methoxy groups -OCH3 is 1. The van der Waals surface area contributed by atoms with Gasteiger partial charge >= 0.3 is 0 Å². The van der Waals surface area contributed by atoms with Gasteiger partial charge in [-0.25, -0.2) is 23.1 Å². The molecule has 0 radical (unpaired) electrons. The molecule has 34 heavy (non-hydrogen) atoms. The van der Waals surface area contributed by atoms with Crippen LogP contribution in [-0.2, 0) is 0 Å². The summed E-state index contributed by atoms with van der Waals surface area (Å²) in [6.07, 6.45) is -4.79. The molecule has 1 unspecified atom stereocenters. The second-order valence-corrected chi connectivity index (χ2v) is 7.48. The first-order valence-corrected chi connectivity index (χ1v) is 10.1. The summed E-state index contributed by atoms with van der Waals surface area (Å²) in [6, 6.07) is 11.7. The average molecular weight is 470 g/mol. The number of amides is 1. The van der Waals surface area contributed by atoms with Crippen LogP contribution < -0.4 is 21.5 Å². The van der Waals surface area contributed by atoms with Crippen molar-refractivity contribution in [2.24, 2.45) is 0 Å². The molecule has 0 aliphatic rings. The predicted octanol–water partition coefficient (Wildman–Crippen LogP) is 3.86. The van der Waals surface area contributed by atoms with Crippen molar-refractivity contribution in [2.45, 2.75) is 19.6 Å². The van der Waals surface area contributed by atoms with Crippen LogP contribution in [0.15, 0.2) is 48.8 Å². The fourth-order valence-electron chi connectivity index (χ4n) is 3.80. The number of rotatable bonds is 6. The fraction of sp³-hybridized carbons (Fsp3) is 0.174. The molecule has 0 fully saturated rings. The Hall–Kier alpha value is -4.28. The summed E-state index contributed by atoms with van der Waals surface area (Å²) < 4.78 is 45.6. The van der Waals surface area contributed by atoms with Gasteiger partial charge in [0.2, 0.25) is 6.30 Å². The van der Waals surface area contributed by atoms with Crippen molar-refractivity contribution in [3.63, 3.8) is 0 Å². The molecular weight excluding hydrogens is 449 g/mol. The number of fused-ring (bicyclic) bond motifs is 1. The van der Waals surface area contributed by atoms with E-state index in [1.807, 2.05) is 23.6 Å². The molecule has 1 atom stereocenters. The van der Waals surface area contributed by atoms with E-state index in [1.54, 1.807) is 23.5 Å². The highest BCUT2D eigenvalue weighted by Gasteiger charge is 2.25. The van der Waals surface area contributed by atoms with Gasteiger partial charge in [-0.15, -0.1) is 0 Å². The second-order valence-electron chi connectivity index (χ2n) is 7.48. The van der Waals surface area contributed by atoms with Crippen molar-refractivity contribution in [3.05, 3.63) is 59.9 Å². The molecule has 5 N–H and O–H groups in total. The number of aromatic nitrogens is 3.